The van der Waals surface area contributed by atoms with Crippen molar-refractivity contribution in [1.29, 1.82) is 0 Å². The third-order valence-electron chi connectivity index (χ3n) is 2.31. The van der Waals surface area contributed by atoms with E-state index in [4.69, 9.17) is 4.43 Å². The highest BCUT2D eigenvalue weighted by molar-refractivity contribution is 7.98. The summed E-state index contributed by atoms with van der Waals surface area (Å²) in [5.41, 5.74) is 0. The molecule has 1 heterocycles. The molecule has 0 saturated carbocycles. The van der Waals surface area contributed by atoms with Crippen molar-refractivity contribution >= 4 is 20.4 Å². The quantitative estimate of drug-likeness (QED) is 0.519. The molecule has 0 aromatic carbocycles. The van der Waals surface area contributed by atoms with E-state index in [1.807, 2.05) is 19.1 Å². The van der Waals surface area contributed by atoms with Crippen LogP contribution in [-0.2, 0) is 4.43 Å². The van der Waals surface area contributed by atoms with Crippen LogP contribution in [0.3, 0.4) is 0 Å². The lowest BCUT2D eigenvalue weighted by Crippen LogP contribution is -2.44. The van der Waals surface area contributed by atoms with Gasteiger partial charge in [-0.05, 0) is 19.0 Å². The third-order valence-corrected chi connectivity index (χ3v) is 8.08. The monoisotopic (exact) mass is 205 g/mol. The standard InChI is InChI=1S/C8H19NOSSi/c1-8(2)11-9-6-5-7-12(9,4)10-3/h8H,5-7H2,1-4H3. The molecule has 72 valence electrons. The van der Waals surface area contributed by atoms with Gasteiger partial charge in [0.05, 0.1) is 0 Å². The van der Waals surface area contributed by atoms with Crippen LogP contribution in [0, 0.1) is 0 Å². The van der Waals surface area contributed by atoms with E-state index in [1.165, 1.54) is 19.0 Å². The first-order valence-electron chi connectivity index (χ1n) is 4.58. The Hall–Kier alpha value is 0.487. The minimum Gasteiger partial charge on any atom is -0.406 e. The van der Waals surface area contributed by atoms with E-state index in [-0.39, 0.29) is 0 Å². The topological polar surface area (TPSA) is 12.5 Å². The summed E-state index contributed by atoms with van der Waals surface area (Å²) in [6.07, 6.45) is 1.32. The van der Waals surface area contributed by atoms with Gasteiger partial charge in [-0.1, -0.05) is 25.8 Å². The van der Waals surface area contributed by atoms with Crippen molar-refractivity contribution in [2.75, 3.05) is 13.7 Å². The summed E-state index contributed by atoms with van der Waals surface area (Å²) < 4.78 is 8.17. The first kappa shape index (κ1) is 10.6. The molecule has 1 rings (SSSR count). The highest BCUT2D eigenvalue weighted by Crippen LogP contribution is 2.34. The maximum absolute atomic E-state index is 5.66. The molecule has 1 fully saturated rings. The van der Waals surface area contributed by atoms with Gasteiger partial charge >= 0.3 is 0 Å². The molecule has 4 heteroatoms. The highest BCUT2D eigenvalue weighted by atomic mass is 32.2. The van der Waals surface area contributed by atoms with Gasteiger partial charge in [0.2, 0.25) is 0 Å². The molecule has 0 radical (unpaired) electrons. The third kappa shape index (κ3) is 2.25. The second-order valence-corrected chi connectivity index (χ2v) is 9.46. The highest BCUT2D eigenvalue weighted by Gasteiger charge is 2.41. The Labute approximate surface area is 81.0 Å². The molecule has 0 spiro atoms. The molecule has 0 aromatic rings. The molecular formula is C8H19NOSSi. The van der Waals surface area contributed by atoms with Crippen molar-refractivity contribution in [2.45, 2.75) is 38.1 Å². The van der Waals surface area contributed by atoms with Crippen LogP contribution in [0.25, 0.3) is 0 Å². The summed E-state index contributed by atoms with van der Waals surface area (Å²) in [6.45, 7) is 8.02. The van der Waals surface area contributed by atoms with Crippen LogP contribution in [0.1, 0.15) is 20.3 Å². The summed E-state index contributed by atoms with van der Waals surface area (Å²) >= 11 is 1.96. The Kier molecular flexibility index (Phi) is 3.64. The molecule has 12 heavy (non-hydrogen) atoms. The fraction of sp³-hybridized carbons (Fsp3) is 1.00. The van der Waals surface area contributed by atoms with Gasteiger partial charge in [-0.25, -0.2) is 3.97 Å². The van der Waals surface area contributed by atoms with Crippen molar-refractivity contribution in [3.05, 3.63) is 0 Å². The fourth-order valence-electron chi connectivity index (χ4n) is 1.53. The van der Waals surface area contributed by atoms with Crippen LogP contribution in [-0.4, -0.2) is 31.4 Å². The zero-order chi connectivity index (χ0) is 9.19. The van der Waals surface area contributed by atoms with Gasteiger partial charge in [-0.3, -0.25) is 0 Å². The van der Waals surface area contributed by atoms with E-state index in [0.29, 0.717) is 5.25 Å². The second-order valence-electron chi connectivity index (χ2n) is 3.74. The molecule has 1 aliphatic heterocycles. The van der Waals surface area contributed by atoms with Gasteiger partial charge in [0.1, 0.15) is 0 Å². The van der Waals surface area contributed by atoms with Gasteiger partial charge in [-0.2, -0.15) is 0 Å². The Morgan fingerprint density at radius 2 is 2.17 bits per heavy atom. The Morgan fingerprint density at radius 1 is 1.50 bits per heavy atom. The Balaban J connectivity index is 2.51. The van der Waals surface area contributed by atoms with E-state index >= 15 is 0 Å². The van der Waals surface area contributed by atoms with Crippen LogP contribution in [0.5, 0.6) is 0 Å². The summed E-state index contributed by atoms with van der Waals surface area (Å²) in [6, 6.07) is 1.29. The SMILES string of the molecule is CO[Si]1(C)CCCN1SC(C)C. The van der Waals surface area contributed by atoms with Gasteiger partial charge in [0.15, 0.2) is 0 Å². The number of hydrogen-bond acceptors (Lipinski definition) is 3. The predicted molar refractivity (Wildman–Crippen MR) is 57.5 cm³/mol. The van der Waals surface area contributed by atoms with E-state index in [2.05, 4.69) is 24.4 Å². The summed E-state index contributed by atoms with van der Waals surface area (Å²) in [4.78, 5) is 0. The number of nitrogens with zero attached hydrogens (tertiary/aromatic N) is 1. The predicted octanol–water partition coefficient (Wildman–Crippen LogP) is 2.47. The van der Waals surface area contributed by atoms with E-state index < -0.39 is 8.48 Å². The molecule has 1 unspecified atom stereocenters. The van der Waals surface area contributed by atoms with Crippen molar-refractivity contribution in [3.8, 4) is 0 Å². The largest absolute Gasteiger partial charge is 0.406 e. The maximum atomic E-state index is 5.66. The van der Waals surface area contributed by atoms with Gasteiger partial charge in [0, 0.05) is 18.9 Å². The molecule has 0 aromatic heterocycles. The lowest BCUT2D eigenvalue weighted by atomic mass is 10.5. The summed E-state index contributed by atoms with van der Waals surface area (Å²) in [5, 5.41) is 0.685. The van der Waals surface area contributed by atoms with Gasteiger partial charge < -0.3 is 4.43 Å². The summed E-state index contributed by atoms with van der Waals surface area (Å²) in [7, 11) is 0.410. The van der Waals surface area contributed by atoms with Gasteiger partial charge in [0.25, 0.3) is 8.48 Å². The molecule has 1 atom stereocenters. The molecule has 0 aliphatic carbocycles. The number of hydrogen-bond donors (Lipinski definition) is 0. The molecule has 0 bridgehead atoms. The second kappa shape index (κ2) is 4.13. The lowest BCUT2D eigenvalue weighted by molar-refractivity contribution is 0.372. The van der Waals surface area contributed by atoms with Crippen LogP contribution >= 0.6 is 11.9 Å². The van der Waals surface area contributed by atoms with Crippen LogP contribution in [0.4, 0.5) is 0 Å². The van der Waals surface area contributed by atoms with Crippen molar-refractivity contribution < 1.29 is 4.43 Å². The molecular weight excluding hydrogens is 186 g/mol. The Morgan fingerprint density at radius 3 is 2.67 bits per heavy atom. The minimum atomic E-state index is -1.46. The molecule has 2 nitrogen and oxygen atoms in total. The average Bonchev–Trinajstić information content (AvgIpc) is 2.33. The molecule has 1 aliphatic rings. The zero-order valence-electron chi connectivity index (χ0n) is 8.46. The zero-order valence-corrected chi connectivity index (χ0v) is 10.3. The molecule has 1 saturated heterocycles. The summed E-state index contributed by atoms with van der Waals surface area (Å²) in [5.74, 6) is 0. The first-order chi connectivity index (χ1) is 5.58. The van der Waals surface area contributed by atoms with E-state index in [0.717, 1.165) is 0 Å². The van der Waals surface area contributed by atoms with E-state index in [9.17, 15) is 0 Å². The van der Waals surface area contributed by atoms with Crippen molar-refractivity contribution in [3.63, 3.8) is 0 Å². The lowest BCUT2D eigenvalue weighted by Gasteiger charge is -2.31. The maximum Gasteiger partial charge on any atom is 0.277 e. The molecule has 0 N–H and O–H groups in total. The van der Waals surface area contributed by atoms with Crippen LogP contribution < -0.4 is 0 Å². The first-order valence-corrected chi connectivity index (χ1v) is 7.98. The average molecular weight is 205 g/mol. The van der Waals surface area contributed by atoms with E-state index in [1.54, 1.807) is 0 Å². The Bertz CT molecular complexity index is 156. The minimum absolute atomic E-state index is 0.685. The smallest absolute Gasteiger partial charge is 0.277 e. The van der Waals surface area contributed by atoms with Crippen LogP contribution in [0.15, 0.2) is 0 Å². The molecule has 0 amide bonds. The van der Waals surface area contributed by atoms with Crippen molar-refractivity contribution in [1.82, 2.24) is 3.97 Å². The van der Waals surface area contributed by atoms with Crippen LogP contribution in [0.2, 0.25) is 12.6 Å². The van der Waals surface area contributed by atoms with Crippen molar-refractivity contribution in [2.24, 2.45) is 0 Å². The fourth-order valence-corrected chi connectivity index (χ4v) is 6.40. The normalized spacial score (nSPS) is 31.8. The van der Waals surface area contributed by atoms with Gasteiger partial charge in [-0.15, -0.1) is 0 Å². The number of rotatable bonds is 3.